The number of anilines is 1. The van der Waals surface area contributed by atoms with E-state index in [4.69, 9.17) is 10.5 Å². The molecular weight excluding hydrogens is 266 g/mol. The molecule has 0 heterocycles. The Morgan fingerprint density at radius 2 is 2.10 bits per heavy atom. The molecule has 0 radical (unpaired) electrons. The summed E-state index contributed by atoms with van der Waals surface area (Å²) in [5.41, 5.74) is 6.84. The van der Waals surface area contributed by atoms with Crippen LogP contribution in [0.3, 0.4) is 0 Å². The van der Waals surface area contributed by atoms with Crippen LogP contribution in [0.1, 0.15) is 37.0 Å². The zero-order valence-corrected chi connectivity index (χ0v) is 13.5. The van der Waals surface area contributed by atoms with Gasteiger partial charge in [0.25, 0.3) is 5.91 Å². The lowest BCUT2D eigenvalue weighted by Crippen LogP contribution is -2.29. The Morgan fingerprint density at radius 3 is 2.67 bits per heavy atom. The number of nitrogens with zero attached hydrogens (tertiary/aromatic N) is 1. The van der Waals surface area contributed by atoms with Gasteiger partial charge in [-0.25, -0.2) is 0 Å². The quantitative estimate of drug-likeness (QED) is 0.569. The van der Waals surface area contributed by atoms with E-state index in [2.05, 4.69) is 31.1 Å². The average molecular weight is 293 g/mol. The van der Waals surface area contributed by atoms with Crippen LogP contribution in [-0.4, -0.2) is 44.1 Å². The largest absolute Gasteiger partial charge is 0.495 e. The fraction of sp³-hybridized carbons (Fsp3) is 0.562. The minimum Gasteiger partial charge on any atom is -0.495 e. The van der Waals surface area contributed by atoms with Gasteiger partial charge in [0.05, 0.1) is 12.8 Å². The number of methoxy groups -OCH3 is 1. The normalized spacial score (nSPS) is 11.0. The van der Waals surface area contributed by atoms with Gasteiger partial charge < -0.3 is 20.7 Å². The van der Waals surface area contributed by atoms with Crippen molar-refractivity contribution in [1.82, 2.24) is 10.2 Å². The zero-order valence-electron chi connectivity index (χ0n) is 13.5. The molecule has 1 aromatic carbocycles. The Balaban J connectivity index is 2.33. The van der Waals surface area contributed by atoms with Crippen LogP contribution in [0.5, 0.6) is 5.75 Å². The summed E-state index contributed by atoms with van der Waals surface area (Å²) in [7, 11) is 3.67. The Kier molecular flexibility index (Phi) is 7.02. The van der Waals surface area contributed by atoms with Gasteiger partial charge in [-0.05, 0) is 58.5 Å². The van der Waals surface area contributed by atoms with Crippen LogP contribution in [-0.2, 0) is 0 Å². The molecule has 0 unspecified atom stereocenters. The second-order valence-electron chi connectivity index (χ2n) is 5.49. The molecule has 3 N–H and O–H groups in total. The lowest BCUT2D eigenvalue weighted by atomic mass is 10.1. The lowest BCUT2D eigenvalue weighted by molar-refractivity contribution is 0.0952. The van der Waals surface area contributed by atoms with Crippen molar-refractivity contribution in [2.75, 3.05) is 33.0 Å². The molecule has 0 aliphatic rings. The van der Waals surface area contributed by atoms with Crippen molar-refractivity contribution >= 4 is 11.6 Å². The van der Waals surface area contributed by atoms with Crippen LogP contribution >= 0.6 is 0 Å². The SMILES string of the molecule is COc1ccc(C(=O)NCCCCN(C)C(C)C)cc1N. The van der Waals surface area contributed by atoms with Crippen LogP contribution < -0.4 is 15.8 Å². The number of ether oxygens (including phenoxy) is 1. The Labute approximate surface area is 127 Å². The summed E-state index contributed by atoms with van der Waals surface area (Å²) in [4.78, 5) is 14.3. The number of unbranched alkanes of at least 4 members (excludes halogenated alkanes) is 1. The number of nitrogen functional groups attached to an aromatic ring is 1. The topological polar surface area (TPSA) is 67.6 Å². The predicted molar refractivity (Wildman–Crippen MR) is 86.7 cm³/mol. The highest BCUT2D eigenvalue weighted by molar-refractivity contribution is 5.95. The van der Waals surface area contributed by atoms with Gasteiger partial charge in [-0.1, -0.05) is 0 Å². The third-order valence-corrected chi connectivity index (χ3v) is 3.60. The summed E-state index contributed by atoms with van der Waals surface area (Å²) in [6.07, 6.45) is 2.04. The highest BCUT2D eigenvalue weighted by atomic mass is 16.5. The van der Waals surface area contributed by atoms with Crippen molar-refractivity contribution < 1.29 is 9.53 Å². The van der Waals surface area contributed by atoms with Crippen LogP contribution in [0, 0.1) is 0 Å². The van der Waals surface area contributed by atoms with Gasteiger partial charge in [-0.15, -0.1) is 0 Å². The van der Waals surface area contributed by atoms with Crippen LogP contribution in [0.25, 0.3) is 0 Å². The van der Waals surface area contributed by atoms with Gasteiger partial charge in [0.2, 0.25) is 0 Å². The molecule has 0 aliphatic carbocycles. The van der Waals surface area contributed by atoms with E-state index in [-0.39, 0.29) is 5.91 Å². The van der Waals surface area contributed by atoms with Crippen molar-refractivity contribution in [1.29, 1.82) is 0 Å². The van der Waals surface area contributed by atoms with Gasteiger partial charge in [0.1, 0.15) is 5.75 Å². The molecule has 0 atom stereocenters. The number of hydrogen-bond acceptors (Lipinski definition) is 4. The van der Waals surface area contributed by atoms with Gasteiger partial charge in [-0.3, -0.25) is 4.79 Å². The number of rotatable bonds is 8. The fourth-order valence-corrected chi connectivity index (χ4v) is 1.92. The minimum atomic E-state index is -0.0958. The van der Waals surface area contributed by atoms with Crippen molar-refractivity contribution in [2.24, 2.45) is 0 Å². The summed E-state index contributed by atoms with van der Waals surface area (Å²) in [5, 5.41) is 2.91. The van der Waals surface area contributed by atoms with E-state index < -0.39 is 0 Å². The standard InChI is InChI=1S/C16H27N3O2/c1-12(2)19(3)10-6-5-9-18-16(20)13-7-8-15(21-4)14(17)11-13/h7-8,11-12H,5-6,9-10,17H2,1-4H3,(H,18,20). The molecule has 0 aromatic heterocycles. The number of carbonyl (C=O) groups is 1. The molecule has 0 saturated heterocycles. The van der Waals surface area contributed by atoms with Gasteiger partial charge in [0, 0.05) is 18.2 Å². The van der Waals surface area contributed by atoms with E-state index >= 15 is 0 Å². The number of benzene rings is 1. The maximum atomic E-state index is 12.0. The third-order valence-electron chi connectivity index (χ3n) is 3.60. The molecule has 0 bridgehead atoms. The second kappa shape index (κ2) is 8.52. The number of hydrogen-bond donors (Lipinski definition) is 2. The maximum Gasteiger partial charge on any atom is 0.251 e. The first kappa shape index (κ1) is 17.3. The van der Waals surface area contributed by atoms with Crippen molar-refractivity contribution in [3.05, 3.63) is 23.8 Å². The summed E-state index contributed by atoms with van der Waals surface area (Å²) in [6.45, 7) is 6.07. The molecule has 5 heteroatoms. The fourth-order valence-electron chi connectivity index (χ4n) is 1.92. The summed E-state index contributed by atoms with van der Waals surface area (Å²) < 4.78 is 5.07. The Morgan fingerprint density at radius 1 is 1.38 bits per heavy atom. The molecule has 0 saturated carbocycles. The predicted octanol–water partition coefficient (Wildman–Crippen LogP) is 2.13. The number of nitrogens with one attached hydrogen (secondary N) is 1. The number of carbonyl (C=O) groups excluding carboxylic acids is 1. The molecule has 118 valence electrons. The summed E-state index contributed by atoms with van der Waals surface area (Å²) in [6, 6.07) is 5.63. The van der Waals surface area contributed by atoms with Crippen molar-refractivity contribution in [2.45, 2.75) is 32.7 Å². The minimum absolute atomic E-state index is 0.0958. The van der Waals surface area contributed by atoms with Gasteiger partial charge >= 0.3 is 0 Å². The Bertz CT molecular complexity index is 461. The monoisotopic (exact) mass is 293 g/mol. The first-order valence-corrected chi connectivity index (χ1v) is 7.37. The average Bonchev–Trinajstić information content (AvgIpc) is 2.46. The van der Waals surface area contributed by atoms with Gasteiger partial charge in [-0.2, -0.15) is 0 Å². The van der Waals surface area contributed by atoms with E-state index in [9.17, 15) is 4.79 Å². The maximum absolute atomic E-state index is 12.0. The van der Waals surface area contributed by atoms with Crippen molar-refractivity contribution in [3.63, 3.8) is 0 Å². The molecule has 21 heavy (non-hydrogen) atoms. The number of nitrogens with two attached hydrogens (primary N) is 1. The van der Waals surface area contributed by atoms with E-state index in [0.717, 1.165) is 19.4 Å². The van der Waals surface area contributed by atoms with Crippen LogP contribution in [0.4, 0.5) is 5.69 Å². The molecule has 5 nitrogen and oxygen atoms in total. The van der Waals surface area contributed by atoms with Crippen LogP contribution in [0.15, 0.2) is 18.2 Å². The van der Waals surface area contributed by atoms with E-state index in [0.29, 0.717) is 29.6 Å². The first-order chi connectivity index (χ1) is 9.95. The molecule has 1 rings (SSSR count). The molecule has 1 amide bonds. The van der Waals surface area contributed by atoms with Crippen molar-refractivity contribution in [3.8, 4) is 5.75 Å². The van der Waals surface area contributed by atoms with Gasteiger partial charge in [0.15, 0.2) is 0 Å². The number of amides is 1. The molecular formula is C16H27N3O2. The second-order valence-corrected chi connectivity index (χ2v) is 5.49. The van der Waals surface area contributed by atoms with E-state index in [1.54, 1.807) is 25.3 Å². The van der Waals surface area contributed by atoms with Crippen LogP contribution in [0.2, 0.25) is 0 Å². The molecule has 0 aliphatic heterocycles. The molecule has 0 spiro atoms. The first-order valence-electron chi connectivity index (χ1n) is 7.37. The highest BCUT2D eigenvalue weighted by Gasteiger charge is 2.08. The highest BCUT2D eigenvalue weighted by Crippen LogP contribution is 2.21. The summed E-state index contributed by atoms with van der Waals surface area (Å²) in [5.74, 6) is 0.491. The summed E-state index contributed by atoms with van der Waals surface area (Å²) >= 11 is 0. The van der Waals surface area contributed by atoms with E-state index in [1.165, 1.54) is 0 Å². The third kappa shape index (κ3) is 5.63. The Hall–Kier alpha value is -1.75. The van der Waals surface area contributed by atoms with E-state index in [1.807, 2.05) is 0 Å². The molecule has 1 aromatic rings. The lowest BCUT2D eigenvalue weighted by Gasteiger charge is -2.20. The smallest absolute Gasteiger partial charge is 0.251 e. The molecule has 0 fully saturated rings. The zero-order chi connectivity index (χ0) is 15.8.